The Labute approximate surface area is 104 Å². The van der Waals surface area contributed by atoms with E-state index in [1.54, 1.807) is 0 Å². The molecule has 0 saturated carbocycles. The molecular formula is C12H14N6. The Balaban J connectivity index is 1.75. The first-order valence-electron chi connectivity index (χ1n) is 5.86. The van der Waals surface area contributed by atoms with Crippen molar-refractivity contribution < 1.29 is 0 Å². The first-order valence-corrected chi connectivity index (χ1v) is 5.86. The second-order valence-electron chi connectivity index (χ2n) is 4.23. The van der Waals surface area contributed by atoms with Crippen molar-refractivity contribution in [1.82, 2.24) is 30.9 Å². The third-order valence-electron chi connectivity index (χ3n) is 3.02. The lowest BCUT2D eigenvalue weighted by molar-refractivity contribution is 0.548. The molecule has 6 heteroatoms. The Kier molecular flexibility index (Phi) is 2.77. The molecule has 92 valence electrons. The highest BCUT2D eigenvalue weighted by Gasteiger charge is 2.10. The van der Waals surface area contributed by atoms with Crippen LogP contribution >= 0.6 is 0 Å². The van der Waals surface area contributed by atoms with Crippen molar-refractivity contribution in [3.63, 3.8) is 0 Å². The molecule has 6 nitrogen and oxygen atoms in total. The summed E-state index contributed by atoms with van der Waals surface area (Å²) in [5.74, 6) is 0.675. The second-order valence-corrected chi connectivity index (χ2v) is 4.23. The van der Waals surface area contributed by atoms with Crippen LogP contribution in [0.2, 0.25) is 0 Å². The number of aromatic amines is 2. The van der Waals surface area contributed by atoms with Crippen LogP contribution in [0, 0.1) is 0 Å². The minimum absolute atomic E-state index is 0.0639. The molecule has 3 N–H and O–H groups in total. The maximum absolute atomic E-state index is 3.96. The fourth-order valence-electron chi connectivity index (χ4n) is 2.00. The van der Waals surface area contributed by atoms with E-state index in [-0.39, 0.29) is 6.04 Å². The van der Waals surface area contributed by atoms with Gasteiger partial charge in [0, 0.05) is 18.3 Å². The molecule has 3 aromatic rings. The van der Waals surface area contributed by atoms with E-state index in [4.69, 9.17) is 0 Å². The van der Waals surface area contributed by atoms with Gasteiger partial charge in [-0.2, -0.15) is 5.21 Å². The number of tetrazole rings is 1. The zero-order chi connectivity index (χ0) is 12.4. The fourth-order valence-corrected chi connectivity index (χ4v) is 2.00. The van der Waals surface area contributed by atoms with Crippen LogP contribution < -0.4 is 5.32 Å². The van der Waals surface area contributed by atoms with Crippen LogP contribution in [0.3, 0.4) is 0 Å². The molecule has 0 radical (unpaired) electrons. The fraction of sp³-hybridized carbons (Fsp3) is 0.250. The van der Waals surface area contributed by atoms with Gasteiger partial charge < -0.3 is 10.3 Å². The van der Waals surface area contributed by atoms with Crippen LogP contribution in [0.25, 0.3) is 10.9 Å². The molecule has 3 rings (SSSR count). The van der Waals surface area contributed by atoms with Gasteiger partial charge in [0.2, 0.25) is 0 Å². The van der Waals surface area contributed by atoms with E-state index in [0.29, 0.717) is 5.82 Å². The first-order chi connectivity index (χ1) is 8.84. The zero-order valence-electron chi connectivity index (χ0n) is 10.0. The van der Waals surface area contributed by atoms with E-state index >= 15 is 0 Å². The summed E-state index contributed by atoms with van der Waals surface area (Å²) < 4.78 is 0. The lowest BCUT2D eigenvalue weighted by Crippen LogP contribution is -2.19. The predicted octanol–water partition coefficient (Wildman–Crippen LogP) is 1.53. The van der Waals surface area contributed by atoms with Crippen LogP contribution in [0.1, 0.15) is 24.4 Å². The summed E-state index contributed by atoms with van der Waals surface area (Å²) in [6.45, 7) is 2.77. The molecule has 0 fully saturated rings. The lowest BCUT2D eigenvalue weighted by atomic mass is 10.1. The Bertz CT molecular complexity index is 627. The largest absolute Gasteiger partial charge is 0.361 e. The minimum atomic E-state index is 0.0639. The topological polar surface area (TPSA) is 82.3 Å². The summed E-state index contributed by atoms with van der Waals surface area (Å²) in [5, 5.41) is 18.5. The summed E-state index contributed by atoms with van der Waals surface area (Å²) in [6.07, 6.45) is 1.96. The van der Waals surface area contributed by atoms with Gasteiger partial charge in [-0.3, -0.25) is 0 Å². The highest BCUT2D eigenvalue weighted by atomic mass is 15.5. The van der Waals surface area contributed by atoms with E-state index in [2.05, 4.69) is 55.2 Å². The normalized spacial score (nSPS) is 12.9. The van der Waals surface area contributed by atoms with Crippen molar-refractivity contribution in [3.05, 3.63) is 41.9 Å². The molecule has 1 unspecified atom stereocenters. The molecule has 2 heterocycles. The molecule has 0 aliphatic carbocycles. The molecule has 0 aliphatic heterocycles. The van der Waals surface area contributed by atoms with Gasteiger partial charge in [0.1, 0.15) is 0 Å². The number of nitrogens with one attached hydrogen (secondary N) is 3. The summed E-state index contributed by atoms with van der Waals surface area (Å²) in [4.78, 5) is 3.26. The molecule has 0 aliphatic rings. The van der Waals surface area contributed by atoms with Crippen LogP contribution in [0.5, 0.6) is 0 Å². The third kappa shape index (κ3) is 1.98. The van der Waals surface area contributed by atoms with Crippen molar-refractivity contribution in [2.45, 2.75) is 19.5 Å². The maximum Gasteiger partial charge on any atom is 0.191 e. The van der Waals surface area contributed by atoms with Gasteiger partial charge >= 0.3 is 0 Å². The van der Waals surface area contributed by atoms with Gasteiger partial charge in [0.05, 0.1) is 6.04 Å². The second kappa shape index (κ2) is 4.58. The summed E-state index contributed by atoms with van der Waals surface area (Å²) in [6, 6.07) is 8.40. The SMILES string of the molecule is CC(NCc1cccc2cc[nH]c12)c1nn[nH]n1. The Hall–Kier alpha value is -2.21. The third-order valence-corrected chi connectivity index (χ3v) is 3.02. The quantitative estimate of drug-likeness (QED) is 0.648. The lowest BCUT2D eigenvalue weighted by Gasteiger charge is -2.10. The Morgan fingerprint density at radius 1 is 1.33 bits per heavy atom. The average Bonchev–Trinajstić information content (AvgIpc) is 3.05. The highest BCUT2D eigenvalue weighted by Crippen LogP contribution is 2.17. The molecule has 0 bridgehead atoms. The number of H-pyrrole nitrogens is 2. The standard InChI is InChI=1S/C12H14N6/c1-8(12-15-17-18-16-12)14-7-10-4-2-3-9-5-6-13-11(9)10/h2-6,8,13-14H,7H2,1H3,(H,15,16,17,18). The van der Waals surface area contributed by atoms with E-state index in [1.807, 2.05) is 13.1 Å². The average molecular weight is 242 g/mol. The molecular weight excluding hydrogens is 228 g/mol. The predicted molar refractivity (Wildman–Crippen MR) is 67.7 cm³/mol. The maximum atomic E-state index is 3.96. The highest BCUT2D eigenvalue weighted by molar-refractivity contribution is 5.82. The number of benzene rings is 1. The van der Waals surface area contributed by atoms with Crippen LogP contribution in [0.4, 0.5) is 0 Å². The van der Waals surface area contributed by atoms with E-state index in [1.165, 1.54) is 16.5 Å². The Morgan fingerprint density at radius 2 is 2.28 bits per heavy atom. The molecule has 0 spiro atoms. The van der Waals surface area contributed by atoms with Gasteiger partial charge in [0.15, 0.2) is 5.82 Å². The summed E-state index contributed by atoms with van der Waals surface area (Å²) >= 11 is 0. The van der Waals surface area contributed by atoms with Crippen LogP contribution in [0.15, 0.2) is 30.5 Å². The number of para-hydroxylation sites is 1. The monoisotopic (exact) mass is 242 g/mol. The van der Waals surface area contributed by atoms with Gasteiger partial charge in [-0.25, -0.2) is 0 Å². The minimum Gasteiger partial charge on any atom is -0.361 e. The summed E-state index contributed by atoms with van der Waals surface area (Å²) in [7, 11) is 0. The zero-order valence-corrected chi connectivity index (χ0v) is 10.0. The number of rotatable bonds is 4. The van der Waals surface area contributed by atoms with Crippen molar-refractivity contribution >= 4 is 10.9 Å². The molecule has 0 saturated heterocycles. The molecule has 0 amide bonds. The van der Waals surface area contributed by atoms with Gasteiger partial charge in [-0.15, -0.1) is 10.2 Å². The van der Waals surface area contributed by atoms with Crippen molar-refractivity contribution in [3.8, 4) is 0 Å². The number of fused-ring (bicyclic) bond motifs is 1. The van der Waals surface area contributed by atoms with Crippen LogP contribution in [-0.4, -0.2) is 25.6 Å². The van der Waals surface area contributed by atoms with Gasteiger partial charge in [0.25, 0.3) is 0 Å². The van der Waals surface area contributed by atoms with E-state index in [9.17, 15) is 0 Å². The van der Waals surface area contributed by atoms with E-state index < -0.39 is 0 Å². The Morgan fingerprint density at radius 3 is 3.11 bits per heavy atom. The number of hydrogen-bond donors (Lipinski definition) is 3. The van der Waals surface area contributed by atoms with Crippen LogP contribution in [-0.2, 0) is 6.54 Å². The first kappa shape index (κ1) is 10.9. The smallest absolute Gasteiger partial charge is 0.191 e. The van der Waals surface area contributed by atoms with Gasteiger partial charge in [-0.05, 0) is 23.9 Å². The molecule has 1 aromatic carbocycles. The van der Waals surface area contributed by atoms with Gasteiger partial charge in [-0.1, -0.05) is 23.4 Å². The molecule has 18 heavy (non-hydrogen) atoms. The summed E-state index contributed by atoms with van der Waals surface area (Å²) in [5.41, 5.74) is 2.40. The van der Waals surface area contributed by atoms with E-state index in [0.717, 1.165) is 6.54 Å². The van der Waals surface area contributed by atoms with Crippen molar-refractivity contribution in [1.29, 1.82) is 0 Å². The molecule has 1 atom stereocenters. The van der Waals surface area contributed by atoms with Crippen molar-refractivity contribution in [2.24, 2.45) is 0 Å². The molecule has 2 aromatic heterocycles. The number of nitrogens with zero attached hydrogens (tertiary/aromatic N) is 3. The van der Waals surface area contributed by atoms with Crippen molar-refractivity contribution in [2.75, 3.05) is 0 Å². The number of hydrogen-bond acceptors (Lipinski definition) is 4. The number of aromatic nitrogens is 5.